The largest absolute Gasteiger partial charge is 0.489 e. The van der Waals surface area contributed by atoms with E-state index in [1.54, 1.807) is 6.92 Å². The first kappa shape index (κ1) is 18.7. The number of ether oxygens (including phenoxy) is 2. The third-order valence-corrected chi connectivity index (χ3v) is 4.49. The summed E-state index contributed by atoms with van der Waals surface area (Å²) in [6, 6.07) is 21.9. The van der Waals surface area contributed by atoms with E-state index in [-0.39, 0.29) is 5.78 Å². The Balaban J connectivity index is 1.86. The van der Waals surface area contributed by atoms with E-state index in [4.69, 9.17) is 9.47 Å². The summed E-state index contributed by atoms with van der Waals surface area (Å²) in [5.74, 6) is 1.33. The second-order valence-electron chi connectivity index (χ2n) is 6.63. The third kappa shape index (κ3) is 4.56. The number of hydrogen-bond donors (Lipinski definition) is 0. The van der Waals surface area contributed by atoms with Gasteiger partial charge in [0, 0.05) is 5.56 Å². The van der Waals surface area contributed by atoms with Crippen LogP contribution in [-0.2, 0) is 13.2 Å². The van der Waals surface area contributed by atoms with Gasteiger partial charge in [-0.25, -0.2) is 0 Å². The predicted octanol–water partition coefficient (Wildman–Crippen LogP) is 5.66. The summed E-state index contributed by atoms with van der Waals surface area (Å²) < 4.78 is 12.0. The summed E-state index contributed by atoms with van der Waals surface area (Å²) in [7, 11) is 0. The molecule has 0 aliphatic carbocycles. The summed E-state index contributed by atoms with van der Waals surface area (Å²) in [6.45, 7) is 6.31. The molecule has 3 aromatic carbocycles. The van der Waals surface area contributed by atoms with Gasteiger partial charge in [-0.15, -0.1) is 0 Å². The number of hydrogen-bond acceptors (Lipinski definition) is 3. The number of carbonyl (C=O) groups is 1. The van der Waals surface area contributed by atoms with E-state index >= 15 is 0 Å². The molecule has 138 valence electrons. The minimum Gasteiger partial charge on any atom is -0.489 e. The highest BCUT2D eigenvalue weighted by molar-refractivity contribution is 5.99. The molecular formula is C24H24O3. The zero-order chi connectivity index (χ0) is 19.2. The second-order valence-corrected chi connectivity index (χ2v) is 6.63. The van der Waals surface area contributed by atoms with Crippen LogP contribution in [-0.4, -0.2) is 5.78 Å². The Bertz CT molecular complexity index is 915. The fourth-order valence-electron chi connectivity index (χ4n) is 3.09. The highest BCUT2D eigenvalue weighted by Gasteiger charge is 2.19. The Morgan fingerprint density at radius 2 is 1.33 bits per heavy atom. The van der Waals surface area contributed by atoms with Gasteiger partial charge in [-0.2, -0.15) is 0 Å². The SMILES string of the molecule is CC(=O)c1c(C)c(OCc2ccccc2)cc(C)c1OCc1ccccc1. The Kier molecular flexibility index (Phi) is 5.92. The zero-order valence-corrected chi connectivity index (χ0v) is 16.0. The monoisotopic (exact) mass is 360 g/mol. The van der Waals surface area contributed by atoms with Crippen LogP contribution in [0.1, 0.15) is 39.5 Å². The number of aryl methyl sites for hydroxylation is 1. The Labute approximate surface area is 160 Å². The Hall–Kier alpha value is -3.07. The van der Waals surface area contributed by atoms with Crippen LogP contribution < -0.4 is 9.47 Å². The van der Waals surface area contributed by atoms with Crippen molar-refractivity contribution in [3.63, 3.8) is 0 Å². The van der Waals surface area contributed by atoms with Crippen molar-refractivity contribution in [3.8, 4) is 11.5 Å². The Morgan fingerprint density at radius 3 is 1.85 bits per heavy atom. The van der Waals surface area contributed by atoms with Crippen molar-refractivity contribution in [3.05, 3.63) is 94.5 Å². The minimum absolute atomic E-state index is 0.0242. The second kappa shape index (κ2) is 8.54. The van der Waals surface area contributed by atoms with Crippen molar-refractivity contribution >= 4 is 5.78 Å². The van der Waals surface area contributed by atoms with Crippen LogP contribution >= 0.6 is 0 Å². The molecule has 0 radical (unpaired) electrons. The molecule has 0 amide bonds. The standard InChI is InChI=1S/C24H24O3/c1-17-14-22(26-15-20-10-6-4-7-11-20)18(2)23(19(3)25)24(17)27-16-21-12-8-5-9-13-21/h4-14H,15-16H2,1-3H3. The van der Waals surface area contributed by atoms with Crippen LogP contribution in [0.5, 0.6) is 11.5 Å². The molecule has 3 nitrogen and oxygen atoms in total. The van der Waals surface area contributed by atoms with Gasteiger partial charge in [0.05, 0.1) is 5.56 Å². The van der Waals surface area contributed by atoms with Crippen LogP contribution in [0.4, 0.5) is 0 Å². The molecule has 0 spiro atoms. The van der Waals surface area contributed by atoms with Crippen LogP contribution in [0.2, 0.25) is 0 Å². The van der Waals surface area contributed by atoms with Gasteiger partial charge < -0.3 is 9.47 Å². The summed E-state index contributed by atoms with van der Waals surface area (Å²) >= 11 is 0. The third-order valence-electron chi connectivity index (χ3n) is 4.49. The first-order valence-electron chi connectivity index (χ1n) is 9.05. The molecule has 0 unspecified atom stereocenters. The number of carbonyl (C=O) groups excluding carboxylic acids is 1. The molecule has 3 aromatic rings. The highest BCUT2D eigenvalue weighted by Crippen LogP contribution is 2.35. The summed E-state index contributed by atoms with van der Waals surface area (Å²) in [5.41, 5.74) is 4.45. The highest BCUT2D eigenvalue weighted by atomic mass is 16.5. The van der Waals surface area contributed by atoms with Crippen molar-refractivity contribution in [2.45, 2.75) is 34.0 Å². The minimum atomic E-state index is -0.0242. The lowest BCUT2D eigenvalue weighted by Crippen LogP contribution is -2.08. The van der Waals surface area contributed by atoms with Crippen molar-refractivity contribution in [2.75, 3.05) is 0 Å². The fraction of sp³-hybridized carbons (Fsp3) is 0.208. The first-order chi connectivity index (χ1) is 13.1. The molecule has 0 aliphatic rings. The summed E-state index contributed by atoms with van der Waals surface area (Å²) in [6.07, 6.45) is 0. The predicted molar refractivity (Wildman–Crippen MR) is 107 cm³/mol. The van der Waals surface area contributed by atoms with Gasteiger partial charge in [-0.05, 0) is 43.5 Å². The summed E-state index contributed by atoms with van der Waals surface area (Å²) in [5, 5.41) is 0. The molecule has 0 fully saturated rings. The van der Waals surface area contributed by atoms with Gasteiger partial charge in [0.15, 0.2) is 5.78 Å². The van der Waals surface area contributed by atoms with Crippen LogP contribution in [0.25, 0.3) is 0 Å². The normalized spacial score (nSPS) is 10.5. The van der Waals surface area contributed by atoms with Crippen LogP contribution in [0, 0.1) is 13.8 Å². The maximum Gasteiger partial charge on any atom is 0.163 e. The van der Waals surface area contributed by atoms with Gasteiger partial charge in [-0.3, -0.25) is 4.79 Å². The lowest BCUT2D eigenvalue weighted by atomic mass is 9.99. The van der Waals surface area contributed by atoms with E-state index in [1.165, 1.54) is 0 Å². The first-order valence-corrected chi connectivity index (χ1v) is 9.05. The van der Waals surface area contributed by atoms with E-state index in [1.807, 2.05) is 80.6 Å². The zero-order valence-electron chi connectivity index (χ0n) is 16.0. The van der Waals surface area contributed by atoms with Crippen LogP contribution in [0.15, 0.2) is 66.7 Å². The lowest BCUT2D eigenvalue weighted by molar-refractivity contribution is 0.101. The Morgan fingerprint density at radius 1 is 0.815 bits per heavy atom. The average Bonchev–Trinajstić information content (AvgIpc) is 2.68. The quantitative estimate of drug-likeness (QED) is 0.510. The molecule has 0 atom stereocenters. The molecule has 0 N–H and O–H groups in total. The number of Topliss-reactive ketones (excluding diaryl/α,β-unsaturated/α-hetero) is 1. The summed E-state index contributed by atoms with van der Waals surface area (Å²) in [4.78, 5) is 12.3. The van der Waals surface area contributed by atoms with Crippen LogP contribution in [0.3, 0.4) is 0 Å². The maximum absolute atomic E-state index is 12.3. The van der Waals surface area contributed by atoms with E-state index in [2.05, 4.69) is 0 Å². The van der Waals surface area contributed by atoms with Crippen molar-refractivity contribution in [1.82, 2.24) is 0 Å². The molecule has 0 heterocycles. The molecule has 3 rings (SSSR count). The van der Waals surface area contributed by atoms with Gasteiger partial charge in [-0.1, -0.05) is 60.7 Å². The molecule has 0 saturated carbocycles. The molecular weight excluding hydrogens is 336 g/mol. The molecule has 27 heavy (non-hydrogen) atoms. The lowest BCUT2D eigenvalue weighted by Gasteiger charge is -2.18. The van der Waals surface area contributed by atoms with E-state index in [0.29, 0.717) is 30.3 Å². The number of ketones is 1. The maximum atomic E-state index is 12.3. The number of benzene rings is 3. The van der Waals surface area contributed by atoms with Gasteiger partial charge in [0.2, 0.25) is 0 Å². The molecule has 3 heteroatoms. The van der Waals surface area contributed by atoms with E-state index in [0.717, 1.165) is 22.3 Å². The van der Waals surface area contributed by atoms with Crippen molar-refractivity contribution in [1.29, 1.82) is 0 Å². The molecule has 0 saturated heterocycles. The smallest absolute Gasteiger partial charge is 0.163 e. The van der Waals surface area contributed by atoms with Gasteiger partial charge >= 0.3 is 0 Å². The van der Waals surface area contributed by atoms with Crippen molar-refractivity contribution in [2.24, 2.45) is 0 Å². The molecule has 0 aliphatic heterocycles. The fourth-order valence-corrected chi connectivity index (χ4v) is 3.09. The topological polar surface area (TPSA) is 35.5 Å². The van der Waals surface area contributed by atoms with Crippen molar-refractivity contribution < 1.29 is 14.3 Å². The van der Waals surface area contributed by atoms with E-state index < -0.39 is 0 Å². The van der Waals surface area contributed by atoms with Gasteiger partial charge in [0.1, 0.15) is 24.7 Å². The van der Waals surface area contributed by atoms with Gasteiger partial charge in [0.25, 0.3) is 0 Å². The average molecular weight is 360 g/mol. The number of rotatable bonds is 7. The molecule has 0 bridgehead atoms. The molecule has 0 aromatic heterocycles. The van der Waals surface area contributed by atoms with E-state index in [9.17, 15) is 4.79 Å².